The molecule has 0 aliphatic rings. The summed E-state index contributed by atoms with van der Waals surface area (Å²) in [5.74, 6) is -0.472. The van der Waals surface area contributed by atoms with Gasteiger partial charge in [0.25, 0.3) is 0 Å². The number of aryl methyl sites for hydroxylation is 2. The molecular formula is C15H14ClN3O3. The average molecular weight is 320 g/mol. The van der Waals surface area contributed by atoms with Crippen molar-refractivity contribution in [1.82, 2.24) is 0 Å². The van der Waals surface area contributed by atoms with Crippen LogP contribution in [0.2, 0.25) is 5.02 Å². The maximum absolute atomic E-state index is 10.8. The zero-order valence-electron chi connectivity index (χ0n) is 12.0. The van der Waals surface area contributed by atoms with Crippen molar-refractivity contribution in [3.63, 3.8) is 0 Å². The van der Waals surface area contributed by atoms with Crippen molar-refractivity contribution >= 4 is 29.2 Å². The molecule has 0 aliphatic carbocycles. The van der Waals surface area contributed by atoms with Gasteiger partial charge >= 0.3 is 5.69 Å². The molecule has 2 aromatic rings. The SMILES string of the molecule is Cc1ccc(NN=Cc2cc(Cl)cc([N+](=O)[O-])c2O)c(C)c1. The first-order valence-corrected chi connectivity index (χ1v) is 6.79. The number of phenolic OH excluding ortho intramolecular Hbond substituents is 1. The third kappa shape index (κ3) is 3.53. The van der Waals surface area contributed by atoms with Gasteiger partial charge < -0.3 is 5.11 Å². The molecule has 0 saturated carbocycles. The maximum Gasteiger partial charge on any atom is 0.312 e. The van der Waals surface area contributed by atoms with Crippen molar-refractivity contribution in [2.45, 2.75) is 13.8 Å². The van der Waals surface area contributed by atoms with Crippen molar-refractivity contribution in [3.05, 3.63) is 62.2 Å². The molecule has 0 heterocycles. The molecule has 2 N–H and O–H groups in total. The summed E-state index contributed by atoms with van der Waals surface area (Å²) in [6.07, 6.45) is 1.29. The number of aromatic hydroxyl groups is 1. The lowest BCUT2D eigenvalue weighted by molar-refractivity contribution is -0.385. The summed E-state index contributed by atoms with van der Waals surface area (Å²) < 4.78 is 0. The third-order valence-corrected chi connectivity index (χ3v) is 3.27. The van der Waals surface area contributed by atoms with Gasteiger partial charge in [-0.1, -0.05) is 29.3 Å². The number of benzene rings is 2. The summed E-state index contributed by atoms with van der Waals surface area (Å²) in [4.78, 5) is 10.1. The minimum atomic E-state index is -0.698. The Morgan fingerprint density at radius 2 is 2.05 bits per heavy atom. The Morgan fingerprint density at radius 1 is 1.32 bits per heavy atom. The summed E-state index contributed by atoms with van der Waals surface area (Å²) in [5.41, 5.74) is 5.49. The standard InChI is InChI=1S/C15H14ClN3O3/c1-9-3-4-13(10(2)5-9)18-17-8-11-6-12(16)7-14(15(11)20)19(21)22/h3-8,18,20H,1-2H3. The van der Waals surface area contributed by atoms with Crippen molar-refractivity contribution in [2.24, 2.45) is 5.10 Å². The summed E-state index contributed by atoms with van der Waals surface area (Å²) in [6, 6.07) is 8.30. The Hall–Kier alpha value is -2.60. The fourth-order valence-corrected chi connectivity index (χ4v) is 2.17. The van der Waals surface area contributed by atoms with E-state index in [9.17, 15) is 15.2 Å². The van der Waals surface area contributed by atoms with Crippen LogP contribution in [0.1, 0.15) is 16.7 Å². The average Bonchev–Trinajstić information content (AvgIpc) is 2.44. The lowest BCUT2D eigenvalue weighted by Gasteiger charge is -2.06. The maximum atomic E-state index is 10.8. The Balaban J connectivity index is 2.25. The second kappa shape index (κ2) is 6.44. The molecule has 22 heavy (non-hydrogen) atoms. The Bertz CT molecular complexity index is 760. The molecule has 0 radical (unpaired) electrons. The van der Waals surface area contributed by atoms with Crippen molar-refractivity contribution in [2.75, 3.05) is 5.43 Å². The Morgan fingerprint density at radius 3 is 2.68 bits per heavy atom. The Kier molecular flexibility index (Phi) is 4.62. The van der Waals surface area contributed by atoms with Gasteiger partial charge in [0.05, 0.1) is 16.8 Å². The van der Waals surface area contributed by atoms with E-state index in [0.29, 0.717) is 0 Å². The molecule has 114 valence electrons. The van der Waals surface area contributed by atoms with E-state index in [0.717, 1.165) is 22.9 Å². The van der Waals surface area contributed by atoms with Crippen LogP contribution in [0.15, 0.2) is 35.4 Å². The Labute approximate surface area is 132 Å². The number of halogens is 1. The number of anilines is 1. The summed E-state index contributed by atoms with van der Waals surface area (Å²) >= 11 is 5.81. The molecular weight excluding hydrogens is 306 g/mol. The normalized spacial score (nSPS) is 10.9. The minimum absolute atomic E-state index is 0.150. The molecule has 2 aromatic carbocycles. The zero-order chi connectivity index (χ0) is 16.3. The quantitative estimate of drug-likeness (QED) is 0.506. The van der Waals surface area contributed by atoms with E-state index >= 15 is 0 Å². The van der Waals surface area contributed by atoms with Crippen LogP contribution in [0, 0.1) is 24.0 Å². The highest BCUT2D eigenvalue weighted by Gasteiger charge is 2.17. The van der Waals surface area contributed by atoms with E-state index in [1.165, 1.54) is 12.3 Å². The van der Waals surface area contributed by atoms with Crippen LogP contribution in [0.3, 0.4) is 0 Å². The van der Waals surface area contributed by atoms with Crippen molar-refractivity contribution < 1.29 is 10.0 Å². The highest BCUT2D eigenvalue weighted by Crippen LogP contribution is 2.32. The summed E-state index contributed by atoms with van der Waals surface area (Å²) in [6.45, 7) is 3.93. The first-order valence-electron chi connectivity index (χ1n) is 6.41. The fourth-order valence-electron chi connectivity index (χ4n) is 1.95. The van der Waals surface area contributed by atoms with Gasteiger partial charge in [0.1, 0.15) is 0 Å². The van der Waals surface area contributed by atoms with Crippen LogP contribution in [-0.2, 0) is 0 Å². The molecule has 0 amide bonds. The number of hydrogen-bond donors (Lipinski definition) is 2. The minimum Gasteiger partial charge on any atom is -0.502 e. The summed E-state index contributed by atoms with van der Waals surface area (Å²) in [5, 5.41) is 24.8. The van der Waals surface area contributed by atoms with Crippen LogP contribution in [-0.4, -0.2) is 16.2 Å². The van der Waals surface area contributed by atoms with E-state index in [1.54, 1.807) is 0 Å². The number of nitrogens with zero attached hydrogens (tertiary/aromatic N) is 2. The van der Waals surface area contributed by atoms with Crippen molar-refractivity contribution in [3.8, 4) is 5.75 Å². The molecule has 0 spiro atoms. The number of hydrogen-bond acceptors (Lipinski definition) is 5. The molecule has 0 saturated heterocycles. The largest absolute Gasteiger partial charge is 0.502 e. The molecule has 0 aliphatic heterocycles. The van der Waals surface area contributed by atoms with Crippen LogP contribution in [0.5, 0.6) is 5.75 Å². The van der Waals surface area contributed by atoms with E-state index in [2.05, 4.69) is 10.5 Å². The molecule has 2 rings (SSSR count). The number of hydrazone groups is 1. The molecule has 6 nitrogen and oxygen atoms in total. The predicted octanol–water partition coefficient (Wildman–Crippen LogP) is 4.02. The van der Waals surface area contributed by atoms with Crippen LogP contribution >= 0.6 is 11.6 Å². The van der Waals surface area contributed by atoms with Crippen LogP contribution in [0.4, 0.5) is 11.4 Å². The number of rotatable bonds is 4. The van der Waals surface area contributed by atoms with Gasteiger partial charge in [-0.15, -0.1) is 0 Å². The molecule has 0 fully saturated rings. The van der Waals surface area contributed by atoms with E-state index in [1.807, 2.05) is 32.0 Å². The summed E-state index contributed by atoms with van der Waals surface area (Å²) in [7, 11) is 0. The third-order valence-electron chi connectivity index (χ3n) is 3.05. The number of nitrogens with one attached hydrogen (secondary N) is 1. The highest BCUT2D eigenvalue weighted by atomic mass is 35.5. The smallest absolute Gasteiger partial charge is 0.312 e. The van der Waals surface area contributed by atoms with Gasteiger partial charge in [-0.3, -0.25) is 15.5 Å². The lowest BCUT2D eigenvalue weighted by atomic mass is 10.1. The second-order valence-corrected chi connectivity index (χ2v) is 5.24. The van der Waals surface area contributed by atoms with E-state index in [-0.39, 0.29) is 10.6 Å². The van der Waals surface area contributed by atoms with Gasteiger partial charge in [-0.2, -0.15) is 5.10 Å². The number of nitro groups is 1. The van der Waals surface area contributed by atoms with Crippen LogP contribution < -0.4 is 5.43 Å². The van der Waals surface area contributed by atoms with E-state index in [4.69, 9.17) is 11.6 Å². The predicted molar refractivity (Wildman–Crippen MR) is 86.9 cm³/mol. The van der Waals surface area contributed by atoms with E-state index < -0.39 is 16.4 Å². The molecule has 0 bridgehead atoms. The highest BCUT2D eigenvalue weighted by molar-refractivity contribution is 6.31. The van der Waals surface area contributed by atoms with Gasteiger partial charge in [-0.05, 0) is 31.5 Å². The van der Waals surface area contributed by atoms with Gasteiger partial charge in [0, 0.05) is 16.7 Å². The second-order valence-electron chi connectivity index (χ2n) is 4.81. The topological polar surface area (TPSA) is 87.8 Å². The number of nitro benzene ring substituents is 1. The lowest BCUT2D eigenvalue weighted by Crippen LogP contribution is -1.96. The van der Waals surface area contributed by atoms with Gasteiger partial charge in [0.2, 0.25) is 5.75 Å². The number of phenols is 1. The monoisotopic (exact) mass is 319 g/mol. The van der Waals surface area contributed by atoms with Crippen LogP contribution in [0.25, 0.3) is 0 Å². The fraction of sp³-hybridized carbons (Fsp3) is 0.133. The van der Waals surface area contributed by atoms with Gasteiger partial charge in [-0.25, -0.2) is 0 Å². The molecule has 0 atom stereocenters. The first-order chi connectivity index (χ1) is 10.4. The molecule has 0 unspecified atom stereocenters. The zero-order valence-corrected chi connectivity index (χ0v) is 12.8. The van der Waals surface area contributed by atoms with Crippen molar-refractivity contribution in [1.29, 1.82) is 0 Å². The molecule has 0 aromatic heterocycles. The molecule has 7 heteroatoms. The first kappa shape index (κ1) is 15.8. The van der Waals surface area contributed by atoms with Gasteiger partial charge in [0.15, 0.2) is 0 Å².